The molecule has 0 saturated heterocycles. The van der Waals surface area contributed by atoms with E-state index in [9.17, 15) is 21.9 Å². The van der Waals surface area contributed by atoms with Gasteiger partial charge in [0.1, 0.15) is 6.61 Å². The van der Waals surface area contributed by atoms with Crippen LogP contribution in [-0.4, -0.2) is 64.3 Å². The van der Waals surface area contributed by atoms with Gasteiger partial charge in [-0.3, -0.25) is 0 Å². The van der Waals surface area contributed by atoms with Crippen LogP contribution in [0.5, 0.6) is 0 Å². The van der Waals surface area contributed by atoms with Crippen molar-refractivity contribution in [3.63, 3.8) is 0 Å². The summed E-state index contributed by atoms with van der Waals surface area (Å²) in [6.07, 6.45) is 0. The minimum absolute atomic E-state index is 0.00654. The molecular formula is C18H22O8S2. The maximum Gasteiger partial charge on any atom is 0.300 e. The van der Waals surface area contributed by atoms with Crippen LogP contribution in [0.1, 0.15) is 0 Å². The highest BCUT2D eigenvalue weighted by Gasteiger charge is 2.55. The molecule has 0 aliphatic heterocycles. The number of sulfone groups is 2. The minimum Gasteiger partial charge on any atom is -0.394 e. The number of aliphatic hydroxyl groups is 2. The van der Waals surface area contributed by atoms with Gasteiger partial charge in [0.25, 0.3) is 0 Å². The molecule has 0 bridgehead atoms. The Balaban J connectivity index is 2.41. The lowest BCUT2D eigenvalue weighted by molar-refractivity contribution is 0.00583. The van der Waals surface area contributed by atoms with E-state index in [1.165, 1.54) is 48.5 Å². The van der Waals surface area contributed by atoms with Crippen molar-refractivity contribution in [3.05, 3.63) is 60.7 Å². The molecule has 0 aliphatic rings. The molecular weight excluding hydrogens is 408 g/mol. The Bertz CT molecular complexity index is 872. The average molecular weight is 431 g/mol. The van der Waals surface area contributed by atoms with Gasteiger partial charge in [0.15, 0.2) is 0 Å². The molecule has 0 unspecified atom stereocenters. The Labute approximate surface area is 164 Å². The van der Waals surface area contributed by atoms with E-state index in [1.807, 2.05) is 0 Å². The van der Waals surface area contributed by atoms with Crippen molar-refractivity contribution in [2.45, 2.75) is 14.1 Å². The molecule has 0 saturated carbocycles. The normalized spacial score (nSPS) is 12.8. The first-order chi connectivity index (χ1) is 13.3. The quantitative estimate of drug-likeness (QED) is 0.496. The molecule has 2 rings (SSSR count). The van der Waals surface area contributed by atoms with Crippen LogP contribution in [0, 0.1) is 0 Å². The van der Waals surface area contributed by atoms with E-state index in [0.29, 0.717) is 0 Å². The van der Waals surface area contributed by atoms with Crippen LogP contribution in [0.15, 0.2) is 70.5 Å². The first-order valence-corrected chi connectivity index (χ1v) is 11.3. The van der Waals surface area contributed by atoms with Crippen LogP contribution in [0.2, 0.25) is 0 Å². The highest BCUT2D eigenvalue weighted by molar-refractivity contribution is 8.10. The number of ether oxygens (including phenoxy) is 2. The zero-order chi connectivity index (χ0) is 20.7. The number of hydrogen-bond acceptors (Lipinski definition) is 8. The molecule has 10 heteroatoms. The lowest BCUT2D eigenvalue weighted by Crippen LogP contribution is -2.50. The van der Waals surface area contributed by atoms with Crippen LogP contribution in [0.4, 0.5) is 0 Å². The van der Waals surface area contributed by atoms with E-state index in [-0.39, 0.29) is 36.2 Å². The maximum atomic E-state index is 13.1. The molecule has 28 heavy (non-hydrogen) atoms. The molecule has 0 spiro atoms. The standard InChI is InChI=1S/C18H22O8S2/c19-11-12-25-13-14-26-15-18(20,27(21,22)16-7-3-1-4-8-16)28(23,24)17-9-5-2-6-10-17/h1-10,19-20H,11-15H2. The van der Waals surface area contributed by atoms with Gasteiger partial charge < -0.3 is 19.7 Å². The number of aliphatic hydroxyl groups excluding tert-OH is 1. The Morgan fingerprint density at radius 1 is 0.714 bits per heavy atom. The van der Waals surface area contributed by atoms with E-state index in [1.54, 1.807) is 12.1 Å². The Morgan fingerprint density at radius 2 is 1.14 bits per heavy atom. The van der Waals surface area contributed by atoms with E-state index in [4.69, 9.17) is 14.6 Å². The van der Waals surface area contributed by atoms with E-state index in [2.05, 4.69) is 0 Å². The van der Waals surface area contributed by atoms with Gasteiger partial charge in [0, 0.05) is 0 Å². The Morgan fingerprint density at radius 3 is 1.57 bits per heavy atom. The summed E-state index contributed by atoms with van der Waals surface area (Å²) in [4.78, 5) is -0.700. The summed E-state index contributed by atoms with van der Waals surface area (Å²) in [5.41, 5.74) is 0. The van der Waals surface area contributed by atoms with Gasteiger partial charge >= 0.3 is 4.27 Å². The van der Waals surface area contributed by atoms with Crippen LogP contribution < -0.4 is 0 Å². The van der Waals surface area contributed by atoms with Crippen molar-refractivity contribution in [1.82, 2.24) is 0 Å². The third-order valence-electron chi connectivity index (χ3n) is 3.84. The first-order valence-electron chi connectivity index (χ1n) is 8.35. The van der Waals surface area contributed by atoms with Crippen LogP contribution >= 0.6 is 0 Å². The minimum atomic E-state index is -4.74. The topological polar surface area (TPSA) is 127 Å². The van der Waals surface area contributed by atoms with Crippen LogP contribution in [0.3, 0.4) is 0 Å². The maximum absolute atomic E-state index is 13.1. The molecule has 0 atom stereocenters. The lowest BCUT2D eigenvalue weighted by atomic mass is 10.4. The SMILES string of the molecule is O=S(=O)(c1ccccc1)C(O)(COCCOCCO)S(=O)(=O)c1ccccc1. The second kappa shape index (κ2) is 9.59. The smallest absolute Gasteiger partial charge is 0.300 e. The largest absolute Gasteiger partial charge is 0.394 e. The molecule has 2 N–H and O–H groups in total. The molecule has 8 nitrogen and oxygen atoms in total. The lowest BCUT2D eigenvalue weighted by Gasteiger charge is -2.27. The van der Waals surface area contributed by atoms with Gasteiger partial charge in [-0.25, -0.2) is 16.8 Å². The monoisotopic (exact) mass is 430 g/mol. The van der Waals surface area contributed by atoms with Gasteiger partial charge in [-0.15, -0.1) is 0 Å². The summed E-state index contributed by atoms with van der Waals surface area (Å²) in [6, 6.07) is 13.6. The number of rotatable bonds is 11. The van der Waals surface area contributed by atoms with Crippen molar-refractivity contribution in [2.24, 2.45) is 0 Å². The number of benzene rings is 2. The van der Waals surface area contributed by atoms with Crippen molar-refractivity contribution in [1.29, 1.82) is 0 Å². The average Bonchev–Trinajstić information content (AvgIpc) is 2.71. The van der Waals surface area contributed by atoms with Gasteiger partial charge in [0.2, 0.25) is 19.7 Å². The summed E-state index contributed by atoms with van der Waals surface area (Å²) in [5, 5.41) is 19.6. The van der Waals surface area contributed by atoms with Crippen molar-refractivity contribution >= 4 is 19.7 Å². The van der Waals surface area contributed by atoms with Gasteiger partial charge in [-0.2, -0.15) is 0 Å². The molecule has 154 valence electrons. The molecule has 0 aromatic heterocycles. The van der Waals surface area contributed by atoms with E-state index in [0.717, 1.165) is 0 Å². The third-order valence-corrected chi connectivity index (χ3v) is 8.86. The molecule has 2 aromatic carbocycles. The molecule has 0 radical (unpaired) electrons. The van der Waals surface area contributed by atoms with Gasteiger partial charge in [0.05, 0.1) is 36.2 Å². The highest BCUT2D eigenvalue weighted by Crippen LogP contribution is 2.34. The fraction of sp³-hybridized carbons (Fsp3) is 0.333. The second-order valence-electron chi connectivity index (χ2n) is 5.73. The Kier molecular flexibility index (Phi) is 7.70. The number of hydrogen-bond donors (Lipinski definition) is 2. The van der Waals surface area contributed by atoms with E-state index >= 15 is 0 Å². The zero-order valence-corrected chi connectivity index (χ0v) is 16.6. The molecule has 2 aromatic rings. The molecule has 0 aliphatic carbocycles. The fourth-order valence-electron chi connectivity index (χ4n) is 2.35. The van der Waals surface area contributed by atoms with Crippen LogP contribution in [0.25, 0.3) is 0 Å². The molecule has 0 amide bonds. The zero-order valence-electron chi connectivity index (χ0n) is 15.0. The fourth-order valence-corrected chi connectivity index (χ4v) is 6.33. The summed E-state index contributed by atoms with van der Waals surface area (Å²) in [7, 11) is -9.48. The van der Waals surface area contributed by atoms with Crippen molar-refractivity contribution < 1.29 is 36.5 Å². The van der Waals surface area contributed by atoms with Crippen molar-refractivity contribution in [3.8, 4) is 0 Å². The second-order valence-corrected chi connectivity index (χ2v) is 10.3. The molecule has 0 fully saturated rings. The van der Waals surface area contributed by atoms with E-state index < -0.39 is 30.5 Å². The predicted octanol–water partition coefficient (Wildman–Crippen LogP) is 0.606. The summed E-state index contributed by atoms with van der Waals surface area (Å²) < 4.78 is 59.2. The summed E-state index contributed by atoms with van der Waals surface area (Å²) in [6.45, 7) is -1.33. The highest BCUT2D eigenvalue weighted by atomic mass is 32.3. The first kappa shape index (κ1) is 22.5. The van der Waals surface area contributed by atoms with Gasteiger partial charge in [-0.1, -0.05) is 36.4 Å². The Hall–Kier alpha value is -1.82. The summed E-state index contributed by atoms with van der Waals surface area (Å²) in [5.74, 6) is 0. The predicted molar refractivity (Wildman–Crippen MR) is 101 cm³/mol. The van der Waals surface area contributed by atoms with Crippen molar-refractivity contribution in [2.75, 3.05) is 33.0 Å². The third kappa shape index (κ3) is 4.59. The molecule has 0 heterocycles. The van der Waals surface area contributed by atoms with Crippen LogP contribution in [-0.2, 0) is 29.1 Å². The summed E-state index contributed by atoms with van der Waals surface area (Å²) >= 11 is 0. The van der Waals surface area contributed by atoms with Gasteiger partial charge in [-0.05, 0) is 24.3 Å².